The van der Waals surface area contributed by atoms with Crippen molar-refractivity contribution in [2.24, 2.45) is 0 Å². The lowest BCUT2D eigenvalue weighted by Gasteiger charge is -2.07. The van der Waals surface area contributed by atoms with Gasteiger partial charge in [0.2, 0.25) is 0 Å². The Morgan fingerprint density at radius 1 is 1.33 bits per heavy atom. The largest absolute Gasteiger partial charge is 0.408 e. The molecule has 0 spiro atoms. The Kier molecular flexibility index (Phi) is 2.30. The molecule has 7 heteroatoms. The minimum absolute atomic E-state index is 0.145. The van der Waals surface area contributed by atoms with Crippen LogP contribution in [0, 0.1) is 0 Å². The molecular weight excluding hydrogens is 231 g/mol. The van der Waals surface area contributed by atoms with E-state index in [0.29, 0.717) is 10.9 Å². The van der Waals surface area contributed by atoms with E-state index in [9.17, 15) is 13.2 Å². The molecule has 0 saturated carbocycles. The summed E-state index contributed by atoms with van der Waals surface area (Å²) in [5, 5.41) is 4.30. The van der Waals surface area contributed by atoms with E-state index in [1.54, 1.807) is 0 Å². The van der Waals surface area contributed by atoms with Gasteiger partial charge in [0.1, 0.15) is 11.7 Å². The molecule has 0 aliphatic carbocycles. The standard InChI is InChI=1S/C8H5ClF3N3/c9-7-1-6-5(2-13-7)3-14-15(6)4-8(10,11)12/h1-3H,4H2. The molecule has 0 radical (unpaired) electrons. The fraction of sp³-hybridized carbons (Fsp3) is 0.250. The SMILES string of the molecule is FC(F)(F)Cn1ncc2cnc(Cl)cc21. The number of hydrogen-bond donors (Lipinski definition) is 0. The Morgan fingerprint density at radius 3 is 2.73 bits per heavy atom. The van der Waals surface area contributed by atoms with Gasteiger partial charge in [-0.25, -0.2) is 4.98 Å². The highest BCUT2D eigenvalue weighted by atomic mass is 35.5. The van der Waals surface area contributed by atoms with Crippen molar-refractivity contribution in [2.75, 3.05) is 0 Å². The number of pyridine rings is 1. The zero-order valence-electron chi connectivity index (χ0n) is 7.29. The van der Waals surface area contributed by atoms with Gasteiger partial charge in [-0.2, -0.15) is 18.3 Å². The number of alkyl halides is 3. The van der Waals surface area contributed by atoms with Gasteiger partial charge in [0.25, 0.3) is 0 Å². The molecule has 80 valence electrons. The van der Waals surface area contributed by atoms with E-state index in [2.05, 4.69) is 10.1 Å². The maximum absolute atomic E-state index is 12.1. The quantitative estimate of drug-likeness (QED) is 0.712. The average Bonchev–Trinajstić information content (AvgIpc) is 2.46. The highest BCUT2D eigenvalue weighted by Gasteiger charge is 2.29. The van der Waals surface area contributed by atoms with Gasteiger partial charge in [0, 0.05) is 17.6 Å². The molecule has 0 amide bonds. The van der Waals surface area contributed by atoms with E-state index in [1.807, 2.05) is 0 Å². The summed E-state index contributed by atoms with van der Waals surface area (Å²) in [6.07, 6.45) is -1.59. The summed E-state index contributed by atoms with van der Waals surface area (Å²) in [5.41, 5.74) is 0.326. The van der Waals surface area contributed by atoms with Crippen LogP contribution in [0.1, 0.15) is 0 Å². The van der Waals surface area contributed by atoms with Crippen LogP contribution >= 0.6 is 11.6 Å². The topological polar surface area (TPSA) is 30.7 Å². The molecule has 3 nitrogen and oxygen atoms in total. The first-order valence-corrected chi connectivity index (χ1v) is 4.37. The van der Waals surface area contributed by atoms with Crippen LogP contribution in [-0.4, -0.2) is 20.9 Å². The highest BCUT2D eigenvalue weighted by molar-refractivity contribution is 6.29. The van der Waals surface area contributed by atoms with Crippen molar-refractivity contribution in [3.05, 3.63) is 23.6 Å². The van der Waals surface area contributed by atoms with E-state index in [-0.39, 0.29) is 5.15 Å². The molecule has 0 aliphatic heterocycles. The van der Waals surface area contributed by atoms with E-state index < -0.39 is 12.7 Å². The second kappa shape index (κ2) is 3.37. The van der Waals surface area contributed by atoms with Gasteiger partial charge in [-0.15, -0.1) is 0 Å². The predicted octanol–water partition coefficient (Wildman–Crippen LogP) is 2.65. The number of nitrogens with zero attached hydrogens (tertiary/aromatic N) is 3. The molecule has 0 aliphatic rings. The van der Waals surface area contributed by atoms with Crippen molar-refractivity contribution in [3.63, 3.8) is 0 Å². The molecule has 2 rings (SSSR count). The lowest BCUT2D eigenvalue weighted by atomic mass is 10.3. The summed E-state index contributed by atoms with van der Waals surface area (Å²) in [7, 11) is 0. The number of hydrogen-bond acceptors (Lipinski definition) is 2. The summed E-state index contributed by atoms with van der Waals surface area (Å²) in [5.74, 6) is 0. The van der Waals surface area contributed by atoms with Crippen LogP contribution in [-0.2, 0) is 6.54 Å². The fourth-order valence-electron chi connectivity index (χ4n) is 1.24. The van der Waals surface area contributed by atoms with Crippen LogP contribution < -0.4 is 0 Å². The van der Waals surface area contributed by atoms with E-state index >= 15 is 0 Å². The zero-order chi connectivity index (χ0) is 11.1. The second-order valence-electron chi connectivity index (χ2n) is 2.98. The van der Waals surface area contributed by atoms with Crippen molar-refractivity contribution < 1.29 is 13.2 Å². The van der Waals surface area contributed by atoms with Crippen molar-refractivity contribution >= 4 is 22.5 Å². The van der Waals surface area contributed by atoms with Crippen LogP contribution in [0.2, 0.25) is 5.15 Å². The molecule has 2 aromatic heterocycles. The Balaban J connectivity index is 2.48. The first kappa shape index (κ1) is 10.2. The molecule has 2 heterocycles. The van der Waals surface area contributed by atoms with Gasteiger partial charge >= 0.3 is 6.18 Å². The number of halogens is 4. The molecule has 15 heavy (non-hydrogen) atoms. The molecule has 0 aromatic carbocycles. The number of fused-ring (bicyclic) bond motifs is 1. The van der Waals surface area contributed by atoms with Crippen LogP contribution in [0.5, 0.6) is 0 Å². The first-order valence-electron chi connectivity index (χ1n) is 3.99. The lowest BCUT2D eigenvalue weighted by molar-refractivity contribution is -0.141. The maximum atomic E-state index is 12.1. The number of aromatic nitrogens is 3. The Bertz CT molecular complexity index is 491. The van der Waals surface area contributed by atoms with Gasteiger partial charge in [-0.3, -0.25) is 4.68 Å². The minimum Gasteiger partial charge on any atom is -0.256 e. The third kappa shape index (κ3) is 2.20. The third-order valence-corrected chi connectivity index (χ3v) is 2.03. The van der Waals surface area contributed by atoms with Crippen molar-refractivity contribution in [1.29, 1.82) is 0 Å². The Labute approximate surface area is 87.5 Å². The van der Waals surface area contributed by atoms with E-state index in [0.717, 1.165) is 4.68 Å². The number of rotatable bonds is 1. The monoisotopic (exact) mass is 235 g/mol. The summed E-state index contributed by atoms with van der Waals surface area (Å²) >= 11 is 5.59. The van der Waals surface area contributed by atoms with Gasteiger partial charge in [-0.05, 0) is 0 Å². The Hall–Kier alpha value is -1.30. The molecule has 0 bridgehead atoms. The summed E-state index contributed by atoms with van der Waals surface area (Å²) in [4.78, 5) is 3.75. The van der Waals surface area contributed by atoms with Crippen molar-refractivity contribution in [3.8, 4) is 0 Å². The van der Waals surface area contributed by atoms with Gasteiger partial charge in [0.15, 0.2) is 0 Å². The average molecular weight is 236 g/mol. The lowest BCUT2D eigenvalue weighted by Crippen LogP contribution is -2.18. The van der Waals surface area contributed by atoms with Crippen molar-refractivity contribution in [2.45, 2.75) is 12.7 Å². The molecule has 0 saturated heterocycles. The Morgan fingerprint density at radius 2 is 2.07 bits per heavy atom. The maximum Gasteiger partial charge on any atom is 0.408 e. The van der Waals surface area contributed by atoms with Crippen LogP contribution in [0.25, 0.3) is 10.9 Å². The minimum atomic E-state index is -4.30. The van der Waals surface area contributed by atoms with E-state index in [1.165, 1.54) is 18.5 Å². The van der Waals surface area contributed by atoms with Crippen LogP contribution in [0.3, 0.4) is 0 Å². The van der Waals surface area contributed by atoms with Gasteiger partial charge < -0.3 is 0 Å². The first-order chi connectivity index (χ1) is 6.96. The third-order valence-electron chi connectivity index (χ3n) is 1.82. The van der Waals surface area contributed by atoms with Crippen molar-refractivity contribution in [1.82, 2.24) is 14.8 Å². The normalized spacial score (nSPS) is 12.3. The van der Waals surface area contributed by atoms with E-state index in [4.69, 9.17) is 11.6 Å². The van der Waals surface area contributed by atoms with Gasteiger partial charge in [-0.1, -0.05) is 11.6 Å². The molecule has 0 N–H and O–H groups in total. The summed E-state index contributed by atoms with van der Waals surface area (Å²) in [6, 6.07) is 1.36. The predicted molar refractivity (Wildman–Crippen MR) is 48.6 cm³/mol. The van der Waals surface area contributed by atoms with Crippen LogP contribution in [0.15, 0.2) is 18.5 Å². The zero-order valence-corrected chi connectivity index (χ0v) is 8.05. The van der Waals surface area contributed by atoms with Gasteiger partial charge in [0.05, 0.1) is 11.7 Å². The molecular formula is C8H5ClF3N3. The van der Waals surface area contributed by atoms with Crippen LogP contribution in [0.4, 0.5) is 13.2 Å². The molecule has 0 unspecified atom stereocenters. The fourth-order valence-corrected chi connectivity index (χ4v) is 1.40. The molecule has 0 fully saturated rings. The second-order valence-corrected chi connectivity index (χ2v) is 3.37. The molecule has 0 atom stereocenters. The summed E-state index contributed by atoms with van der Waals surface area (Å²) in [6.45, 7) is -1.13. The molecule has 2 aromatic rings. The highest BCUT2D eigenvalue weighted by Crippen LogP contribution is 2.22. The smallest absolute Gasteiger partial charge is 0.256 e. The summed E-state index contributed by atoms with van der Waals surface area (Å²) < 4.78 is 37.3.